The Labute approximate surface area is 238 Å². The molecule has 208 valence electrons. The van der Waals surface area contributed by atoms with Crippen molar-refractivity contribution in [3.63, 3.8) is 0 Å². The molecule has 1 N–H and O–H groups in total. The van der Waals surface area contributed by atoms with Gasteiger partial charge in [-0.25, -0.2) is 9.37 Å². The number of aliphatic imine (C=N–C) groups is 1. The minimum atomic E-state index is -0.421. The van der Waals surface area contributed by atoms with E-state index in [-0.39, 0.29) is 5.91 Å². The van der Waals surface area contributed by atoms with Crippen LogP contribution in [-0.4, -0.2) is 83.6 Å². The summed E-state index contributed by atoms with van der Waals surface area (Å²) in [5.41, 5.74) is 5.00. The van der Waals surface area contributed by atoms with Gasteiger partial charge in [0.2, 0.25) is 5.91 Å². The highest BCUT2D eigenvalue weighted by atomic mass is 32.2. The summed E-state index contributed by atoms with van der Waals surface area (Å²) < 4.78 is 15.8. The number of likely N-dealkylation sites (N-methyl/N-ethyl adjacent to an activating group) is 1. The maximum atomic E-state index is 13.6. The molecule has 1 fully saturated rings. The van der Waals surface area contributed by atoms with Crippen LogP contribution in [0.15, 0.2) is 46.9 Å². The third-order valence-corrected chi connectivity index (χ3v) is 8.34. The SMILES string of the molecule is CCc1nc2ccc(CN3CCN(CC(=O)NC)CC3)cn2c1N(C)C1=NCC(c2ccc(F)cc2C#N)=CS1. The van der Waals surface area contributed by atoms with Gasteiger partial charge in [-0.05, 0) is 46.7 Å². The number of hydrogen-bond acceptors (Lipinski definition) is 8. The molecule has 0 aliphatic carbocycles. The van der Waals surface area contributed by atoms with E-state index in [4.69, 9.17) is 9.98 Å². The van der Waals surface area contributed by atoms with Crippen LogP contribution in [0.3, 0.4) is 0 Å². The Balaban J connectivity index is 1.32. The predicted molar refractivity (Wildman–Crippen MR) is 158 cm³/mol. The number of amidine groups is 1. The van der Waals surface area contributed by atoms with Crippen LogP contribution in [0.2, 0.25) is 0 Å². The number of benzene rings is 1. The number of piperazine rings is 1. The molecule has 0 saturated carbocycles. The van der Waals surface area contributed by atoms with Gasteiger partial charge in [-0.15, -0.1) is 0 Å². The predicted octanol–water partition coefficient (Wildman–Crippen LogP) is 3.35. The number of rotatable bonds is 7. The van der Waals surface area contributed by atoms with Crippen LogP contribution in [0.1, 0.15) is 29.3 Å². The summed E-state index contributed by atoms with van der Waals surface area (Å²) in [5, 5.41) is 15.0. The first kappa shape index (κ1) is 27.8. The van der Waals surface area contributed by atoms with Crippen molar-refractivity contribution in [3.05, 3.63) is 70.1 Å². The van der Waals surface area contributed by atoms with Gasteiger partial charge < -0.3 is 10.2 Å². The van der Waals surface area contributed by atoms with E-state index >= 15 is 0 Å². The molecule has 0 radical (unpaired) electrons. The third-order valence-electron chi connectivity index (χ3n) is 7.32. The minimum absolute atomic E-state index is 0.0530. The maximum Gasteiger partial charge on any atom is 0.233 e. The number of thioether (sulfide) groups is 1. The average Bonchev–Trinajstić information content (AvgIpc) is 3.35. The molecule has 11 heteroatoms. The molecule has 0 unspecified atom stereocenters. The molecule has 1 amide bonds. The Morgan fingerprint density at radius 2 is 1.98 bits per heavy atom. The Kier molecular flexibility index (Phi) is 8.49. The van der Waals surface area contributed by atoms with Gasteiger partial charge in [0.25, 0.3) is 0 Å². The Morgan fingerprint density at radius 1 is 1.20 bits per heavy atom. The van der Waals surface area contributed by atoms with Crippen molar-refractivity contribution in [2.24, 2.45) is 4.99 Å². The summed E-state index contributed by atoms with van der Waals surface area (Å²) in [5.74, 6) is 0.616. The van der Waals surface area contributed by atoms with E-state index in [1.165, 1.54) is 29.5 Å². The fourth-order valence-corrected chi connectivity index (χ4v) is 5.95. The van der Waals surface area contributed by atoms with Crippen molar-refractivity contribution in [2.75, 3.05) is 58.3 Å². The number of halogens is 1. The number of aromatic nitrogens is 2. The summed E-state index contributed by atoms with van der Waals surface area (Å²) in [7, 11) is 3.68. The van der Waals surface area contributed by atoms with Gasteiger partial charge >= 0.3 is 0 Å². The van der Waals surface area contributed by atoms with Crippen molar-refractivity contribution >= 4 is 39.9 Å². The molecule has 2 aromatic heterocycles. The number of hydrogen-bond donors (Lipinski definition) is 1. The zero-order chi connectivity index (χ0) is 28.2. The smallest absolute Gasteiger partial charge is 0.233 e. The highest BCUT2D eigenvalue weighted by Crippen LogP contribution is 2.31. The average molecular weight is 561 g/mol. The summed E-state index contributed by atoms with van der Waals surface area (Å²) >= 11 is 1.49. The summed E-state index contributed by atoms with van der Waals surface area (Å²) in [6.45, 7) is 7.35. The van der Waals surface area contributed by atoms with Crippen LogP contribution in [0.4, 0.5) is 10.2 Å². The van der Waals surface area contributed by atoms with Gasteiger partial charge in [0.1, 0.15) is 17.3 Å². The van der Waals surface area contributed by atoms with Crippen molar-refractivity contribution in [3.8, 4) is 6.07 Å². The van der Waals surface area contributed by atoms with E-state index < -0.39 is 5.82 Å². The zero-order valence-electron chi connectivity index (χ0n) is 23.0. The zero-order valence-corrected chi connectivity index (χ0v) is 23.8. The van der Waals surface area contributed by atoms with Gasteiger partial charge in [-0.2, -0.15) is 5.26 Å². The van der Waals surface area contributed by atoms with E-state index in [0.717, 1.165) is 67.0 Å². The van der Waals surface area contributed by atoms with Crippen LogP contribution < -0.4 is 10.2 Å². The molecule has 0 spiro atoms. The van der Waals surface area contributed by atoms with Crippen molar-refractivity contribution in [2.45, 2.75) is 19.9 Å². The van der Waals surface area contributed by atoms with Gasteiger partial charge in [-0.1, -0.05) is 30.8 Å². The quantitative estimate of drug-likeness (QED) is 0.474. The third kappa shape index (κ3) is 5.89. The summed E-state index contributed by atoms with van der Waals surface area (Å²) in [4.78, 5) is 28.1. The number of imidazole rings is 1. The van der Waals surface area contributed by atoms with Crippen LogP contribution in [-0.2, 0) is 17.8 Å². The van der Waals surface area contributed by atoms with E-state index in [1.807, 2.05) is 12.5 Å². The number of nitrogens with zero attached hydrogens (tertiary/aromatic N) is 7. The Hall–Kier alpha value is -3.72. The van der Waals surface area contributed by atoms with Crippen molar-refractivity contribution < 1.29 is 9.18 Å². The number of carbonyl (C=O) groups is 1. The van der Waals surface area contributed by atoms with Gasteiger partial charge in [0.05, 0.1) is 30.4 Å². The molecule has 2 aliphatic heterocycles. The highest BCUT2D eigenvalue weighted by Gasteiger charge is 2.23. The first-order chi connectivity index (χ1) is 19.4. The monoisotopic (exact) mass is 560 g/mol. The maximum absolute atomic E-state index is 13.6. The van der Waals surface area contributed by atoms with E-state index in [1.54, 1.807) is 13.1 Å². The first-order valence-corrected chi connectivity index (χ1v) is 14.3. The minimum Gasteiger partial charge on any atom is -0.358 e. The number of carbonyl (C=O) groups excluding carboxylic acids is 1. The molecule has 1 aromatic carbocycles. The molecule has 40 heavy (non-hydrogen) atoms. The summed E-state index contributed by atoms with van der Waals surface area (Å²) in [6, 6.07) is 10.6. The largest absolute Gasteiger partial charge is 0.358 e. The molecule has 9 nitrogen and oxygen atoms in total. The molecule has 5 rings (SSSR count). The van der Waals surface area contributed by atoms with Crippen LogP contribution in [0.25, 0.3) is 11.2 Å². The molecule has 0 bridgehead atoms. The lowest BCUT2D eigenvalue weighted by molar-refractivity contribution is -0.122. The van der Waals surface area contributed by atoms with Gasteiger partial charge in [-0.3, -0.25) is 24.0 Å². The normalized spacial score (nSPS) is 16.4. The van der Waals surface area contributed by atoms with Crippen molar-refractivity contribution in [1.82, 2.24) is 24.5 Å². The molecule has 0 atom stereocenters. The van der Waals surface area contributed by atoms with Crippen LogP contribution >= 0.6 is 11.8 Å². The molecular formula is C29H33FN8OS. The number of fused-ring (bicyclic) bond motifs is 1. The highest BCUT2D eigenvalue weighted by molar-refractivity contribution is 8.16. The molecular weight excluding hydrogens is 527 g/mol. The van der Waals surface area contributed by atoms with Gasteiger partial charge in [0.15, 0.2) is 5.17 Å². The lowest BCUT2D eigenvalue weighted by atomic mass is 10.0. The topological polar surface area (TPSA) is 92.3 Å². The van der Waals surface area contributed by atoms with Gasteiger partial charge in [0, 0.05) is 53.0 Å². The standard InChI is InChI=1S/C29H33FN8OS/c1-4-25-28(35(3)29-33-15-22(19-40-29)24-7-6-23(30)13-21(24)14-31)38-17-20(5-8-26(38)34-25)16-36-9-11-37(12-10-36)18-27(39)32-2/h5-8,13,17,19H,4,9-12,15-16,18H2,1-3H3,(H,32,39). The second kappa shape index (κ2) is 12.2. The second-order valence-electron chi connectivity index (χ2n) is 9.95. The van der Waals surface area contributed by atoms with Crippen molar-refractivity contribution in [1.29, 1.82) is 5.26 Å². The number of pyridine rings is 1. The first-order valence-electron chi connectivity index (χ1n) is 13.4. The van der Waals surface area contributed by atoms with E-state index in [2.05, 4.69) is 55.7 Å². The molecule has 1 saturated heterocycles. The Morgan fingerprint density at radius 3 is 2.65 bits per heavy atom. The number of nitrogens with one attached hydrogen (secondary N) is 1. The Bertz CT molecular complexity index is 1520. The molecule has 2 aliphatic rings. The van der Waals surface area contributed by atoms with E-state index in [9.17, 15) is 14.4 Å². The van der Waals surface area contributed by atoms with Crippen LogP contribution in [0.5, 0.6) is 0 Å². The second-order valence-corrected chi connectivity index (χ2v) is 10.8. The molecule has 4 heterocycles. The van der Waals surface area contributed by atoms with Crippen LogP contribution in [0, 0.1) is 17.1 Å². The fourth-order valence-electron chi connectivity index (χ4n) is 5.12. The number of anilines is 1. The fraction of sp³-hybridized carbons (Fsp3) is 0.379. The number of nitriles is 1. The lowest BCUT2D eigenvalue weighted by Gasteiger charge is -2.34. The molecule has 3 aromatic rings. The number of amides is 1. The summed E-state index contributed by atoms with van der Waals surface area (Å²) in [6.07, 6.45) is 2.95. The lowest BCUT2D eigenvalue weighted by Crippen LogP contribution is -2.48. The number of aryl methyl sites for hydroxylation is 1. The van der Waals surface area contributed by atoms with E-state index in [0.29, 0.717) is 24.2 Å².